The van der Waals surface area contributed by atoms with Crippen molar-refractivity contribution >= 4 is 78.3 Å². The summed E-state index contributed by atoms with van der Waals surface area (Å²) in [4.78, 5) is 80.3. The molecule has 0 aliphatic carbocycles. The van der Waals surface area contributed by atoms with Gasteiger partial charge in [0.25, 0.3) is 0 Å². The first-order valence-electron chi connectivity index (χ1n) is 34.9. The van der Waals surface area contributed by atoms with Crippen molar-refractivity contribution in [3.05, 3.63) is 91.7 Å². The number of aromatic amines is 2. The van der Waals surface area contributed by atoms with E-state index in [-0.39, 0.29) is 17.3 Å². The summed E-state index contributed by atoms with van der Waals surface area (Å²) in [5, 5.41) is 5.71. The maximum absolute atomic E-state index is 14.0. The number of carbonyl (C=O) groups excluding carboxylic acids is 4. The molecule has 8 saturated heterocycles. The Morgan fingerprint density at radius 2 is 0.868 bits per heavy atom. The number of carbonyl (C=O) groups is 4. The molecule has 91 heavy (non-hydrogen) atoms. The van der Waals surface area contributed by atoms with Gasteiger partial charge in [0, 0.05) is 136 Å². The third-order valence-corrected chi connectivity index (χ3v) is 24.9. The van der Waals surface area contributed by atoms with Crippen molar-refractivity contribution in [1.29, 1.82) is 0 Å². The number of piperazine rings is 2. The van der Waals surface area contributed by atoms with Gasteiger partial charge in [0.1, 0.15) is 15.0 Å². The molecule has 8 aliphatic rings. The summed E-state index contributed by atoms with van der Waals surface area (Å²) in [6.07, 6.45) is 15.9. The molecule has 0 radical (unpaired) electrons. The number of amides is 4. The second kappa shape index (κ2) is 27.7. The maximum Gasteiger partial charge on any atom is 0.240 e. The predicted octanol–water partition coefficient (Wildman–Crippen LogP) is 12.7. The highest BCUT2D eigenvalue weighted by Crippen LogP contribution is 2.47. The lowest BCUT2D eigenvalue weighted by atomic mass is 9.88. The summed E-state index contributed by atoms with van der Waals surface area (Å²) >= 11 is 9.18. The highest BCUT2D eigenvalue weighted by atomic mass is 35.5. The van der Waals surface area contributed by atoms with Gasteiger partial charge in [0.05, 0.1) is 28.3 Å². The van der Waals surface area contributed by atoms with E-state index in [0.29, 0.717) is 41.9 Å². The van der Waals surface area contributed by atoms with Crippen molar-refractivity contribution in [3.8, 4) is 22.5 Å². The molecule has 0 saturated carbocycles. The Hall–Kier alpha value is -5.07. The van der Waals surface area contributed by atoms with Gasteiger partial charge in [-0.3, -0.25) is 24.1 Å². The van der Waals surface area contributed by atoms with Crippen molar-refractivity contribution in [2.24, 2.45) is 0 Å². The van der Waals surface area contributed by atoms with Crippen molar-refractivity contribution < 1.29 is 19.2 Å². The molecule has 17 heteroatoms. The van der Waals surface area contributed by atoms with Gasteiger partial charge >= 0.3 is 0 Å². The average Bonchev–Trinajstić information content (AvgIpc) is 1.61. The maximum atomic E-state index is 14.0. The molecule has 492 valence electrons. The van der Waals surface area contributed by atoms with Crippen LogP contribution in [-0.4, -0.2) is 195 Å². The Balaban J connectivity index is 0.000000155. The zero-order chi connectivity index (χ0) is 64.0. The lowest BCUT2D eigenvalue weighted by Crippen LogP contribution is -2.54. The monoisotopic (exact) mass is 1290 g/mol. The fourth-order valence-electron chi connectivity index (χ4n) is 16.7. The highest BCUT2D eigenvalue weighted by Gasteiger charge is 2.49. The number of nitrogens with zero attached hydrogens (tertiary/aromatic N) is 7. The predicted molar refractivity (Wildman–Crippen MR) is 375 cm³/mol. The van der Waals surface area contributed by atoms with Crippen molar-refractivity contribution in [2.75, 3.05) is 91.6 Å². The van der Waals surface area contributed by atoms with Crippen LogP contribution in [0.4, 0.5) is 0 Å². The van der Waals surface area contributed by atoms with Crippen molar-refractivity contribution in [2.45, 2.75) is 206 Å². The summed E-state index contributed by atoms with van der Waals surface area (Å²) in [6.45, 7) is 35.0. The summed E-state index contributed by atoms with van der Waals surface area (Å²) in [7, 11) is 0. The first-order valence-corrected chi connectivity index (χ1v) is 36.9. The molecular formula is C74H103ClN10O4S2. The van der Waals surface area contributed by atoms with Gasteiger partial charge in [0.2, 0.25) is 23.6 Å². The quantitative estimate of drug-likeness (QED) is 0.0866. The van der Waals surface area contributed by atoms with Gasteiger partial charge in [-0.05, 0) is 218 Å². The van der Waals surface area contributed by atoms with Crippen LogP contribution in [0.2, 0.25) is 0 Å². The zero-order valence-electron chi connectivity index (χ0n) is 56.3. The van der Waals surface area contributed by atoms with Gasteiger partial charge in [-0.1, -0.05) is 34.4 Å². The topological polar surface area (TPSA) is 135 Å². The van der Waals surface area contributed by atoms with Crippen LogP contribution in [0.5, 0.6) is 0 Å². The Morgan fingerprint density at radius 1 is 0.505 bits per heavy atom. The highest BCUT2D eigenvalue weighted by molar-refractivity contribution is 7.19. The SMILES string of the molecule is CC(Cl)C(=O)N1CCCC1.Cc1cc(C)cc(-c2[nH]c3sc(C(C)(C)C(=O)N4C5CCC4CC5)cc3c2CCN2CCN(C(C)C(=O)N3CCCC3)CC2)c1.Cc1cc(C)cc(-c2[nH]c3sc(C(C)(C)C(=O)N4C5CCC4CC5)cc3c2CCN2CCNCC2)c1. The molecule has 6 aromatic rings. The molecule has 3 N–H and O–H groups in total. The average molecular weight is 1300 g/mol. The van der Waals surface area contributed by atoms with E-state index in [1.165, 1.54) is 137 Å². The minimum Gasteiger partial charge on any atom is -0.346 e. The number of nitrogens with one attached hydrogen (secondary N) is 3. The lowest BCUT2D eigenvalue weighted by Gasteiger charge is -2.38. The second-order valence-electron chi connectivity index (χ2n) is 29.3. The summed E-state index contributed by atoms with van der Waals surface area (Å²) in [5.74, 6) is 1.02. The molecule has 4 amide bonds. The molecule has 0 spiro atoms. The number of alkyl halides is 1. The molecule has 8 aliphatic heterocycles. The number of likely N-dealkylation sites (tertiary alicyclic amines) is 2. The van der Waals surface area contributed by atoms with Gasteiger partial charge in [-0.2, -0.15) is 0 Å². The Morgan fingerprint density at radius 3 is 1.24 bits per heavy atom. The summed E-state index contributed by atoms with van der Waals surface area (Å²) < 4.78 is 0. The van der Waals surface area contributed by atoms with Crippen LogP contribution in [0.25, 0.3) is 42.9 Å². The van der Waals surface area contributed by atoms with Crippen LogP contribution in [0.15, 0.2) is 48.5 Å². The molecular weight excluding hydrogens is 1190 g/mol. The third-order valence-electron chi connectivity index (χ3n) is 21.9. The molecule has 2 atom stereocenters. The first-order chi connectivity index (χ1) is 43.6. The summed E-state index contributed by atoms with van der Waals surface area (Å²) in [5.41, 5.74) is 11.9. The number of aromatic nitrogens is 2. The van der Waals surface area contributed by atoms with E-state index in [0.717, 1.165) is 130 Å². The zero-order valence-corrected chi connectivity index (χ0v) is 58.7. The lowest BCUT2D eigenvalue weighted by molar-refractivity contribution is -0.138. The van der Waals surface area contributed by atoms with E-state index in [9.17, 15) is 19.2 Å². The fourth-order valence-corrected chi connectivity index (χ4v) is 19.2. The second-order valence-corrected chi connectivity index (χ2v) is 32.1. The molecule has 4 bridgehead atoms. The van der Waals surface area contributed by atoms with Gasteiger partial charge in [-0.15, -0.1) is 34.3 Å². The number of H-pyrrole nitrogens is 2. The smallest absolute Gasteiger partial charge is 0.240 e. The van der Waals surface area contributed by atoms with Crippen LogP contribution in [0.1, 0.15) is 162 Å². The number of hydrogen-bond donors (Lipinski definition) is 3. The number of aryl methyl sites for hydroxylation is 4. The van der Waals surface area contributed by atoms with E-state index >= 15 is 0 Å². The van der Waals surface area contributed by atoms with E-state index in [2.05, 4.69) is 156 Å². The summed E-state index contributed by atoms with van der Waals surface area (Å²) in [6, 6.07) is 20.1. The Bertz CT molecular complexity index is 3510. The number of benzene rings is 2. The molecule has 2 aromatic carbocycles. The van der Waals surface area contributed by atoms with Crippen molar-refractivity contribution in [3.63, 3.8) is 0 Å². The fraction of sp³-hybridized carbons (Fsp3) is 0.622. The van der Waals surface area contributed by atoms with E-state index in [1.807, 2.05) is 4.90 Å². The minimum atomic E-state index is -0.535. The standard InChI is InChI=1S/C37H51N5O2S.C30H40N4OS.C7H12ClNO/c1-24-20-25(2)22-27(21-24)33-30(12-15-39-16-18-40(19-17-39)26(3)35(43)41-13-6-7-14-41)31-23-32(45-34(31)38-33)37(4,5)36(44)42-28-8-9-29(42)11-10-28;1-19-15-20(2)17-21(16-19)27-24(9-12-33-13-10-31-11-14-33)25-18-26(36-28(25)32-27)30(3,4)29(35)34-22-5-6-23(34)8-7-22;1-6(8)7(10)9-4-2-3-5-9/h20-23,26,28-29,38H,6-19H2,1-5H3;15-18,22-23,31-32H,5-14H2,1-4H3;6H,2-5H2,1H3. The number of fused-ring (bicyclic) bond motifs is 6. The molecule has 4 aromatic heterocycles. The Kier molecular flexibility index (Phi) is 20.1. The minimum absolute atomic E-state index is 0.0308. The molecule has 12 heterocycles. The number of rotatable bonds is 15. The van der Waals surface area contributed by atoms with Crippen LogP contribution in [0, 0.1) is 27.7 Å². The van der Waals surface area contributed by atoms with Crippen LogP contribution < -0.4 is 5.32 Å². The van der Waals surface area contributed by atoms with E-state index in [4.69, 9.17) is 11.6 Å². The van der Waals surface area contributed by atoms with Crippen LogP contribution >= 0.6 is 34.3 Å². The first kappa shape index (κ1) is 66.0. The van der Waals surface area contributed by atoms with E-state index < -0.39 is 10.8 Å². The van der Waals surface area contributed by atoms with Gasteiger partial charge in [-0.25, -0.2) is 0 Å². The number of thiophene rings is 2. The molecule has 14 rings (SSSR count). The normalized spacial score (nSPS) is 22.9. The Labute approximate surface area is 555 Å². The number of halogens is 1. The van der Waals surface area contributed by atoms with E-state index in [1.54, 1.807) is 29.6 Å². The largest absolute Gasteiger partial charge is 0.346 e. The van der Waals surface area contributed by atoms with Crippen LogP contribution in [0.3, 0.4) is 0 Å². The van der Waals surface area contributed by atoms with Crippen LogP contribution in [-0.2, 0) is 42.8 Å². The van der Waals surface area contributed by atoms with Crippen molar-refractivity contribution in [1.82, 2.24) is 49.6 Å². The molecule has 8 fully saturated rings. The molecule has 14 nitrogen and oxygen atoms in total. The van der Waals surface area contributed by atoms with Gasteiger partial charge in [0.15, 0.2) is 0 Å². The third kappa shape index (κ3) is 13.9. The van der Waals surface area contributed by atoms with Gasteiger partial charge < -0.3 is 44.7 Å². The molecule has 2 unspecified atom stereocenters. The number of hydrogen-bond acceptors (Lipinski definition) is 10.